The van der Waals surface area contributed by atoms with Gasteiger partial charge in [-0.2, -0.15) is 0 Å². The maximum absolute atomic E-state index is 12.8. The molecule has 1 aliphatic rings. The van der Waals surface area contributed by atoms with Crippen LogP contribution < -0.4 is 5.43 Å². The minimum atomic E-state index is -0.339. The van der Waals surface area contributed by atoms with Crippen LogP contribution in [0.2, 0.25) is 0 Å². The van der Waals surface area contributed by atoms with E-state index < -0.39 is 0 Å². The predicted molar refractivity (Wildman–Crippen MR) is 127 cm³/mol. The molecule has 1 saturated heterocycles. The van der Waals surface area contributed by atoms with E-state index in [2.05, 4.69) is 27.5 Å². The fourth-order valence-electron chi connectivity index (χ4n) is 4.07. The molecule has 0 amide bonds. The van der Waals surface area contributed by atoms with Crippen molar-refractivity contribution in [3.8, 4) is 22.8 Å². The minimum absolute atomic E-state index is 0. The first kappa shape index (κ1) is 22.9. The Morgan fingerprint density at radius 3 is 2.70 bits per heavy atom. The molecule has 0 saturated carbocycles. The lowest BCUT2D eigenvalue weighted by atomic mass is 9.94. The molecule has 2 aromatic carbocycles. The number of benzene rings is 2. The largest absolute Gasteiger partial charge is 0.507 e. The van der Waals surface area contributed by atoms with E-state index in [1.807, 2.05) is 24.3 Å². The van der Waals surface area contributed by atoms with Crippen molar-refractivity contribution in [2.24, 2.45) is 0 Å². The fourth-order valence-corrected chi connectivity index (χ4v) is 4.61. The first-order chi connectivity index (χ1) is 14.0. The van der Waals surface area contributed by atoms with Crippen LogP contribution in [-0.4, -0.2) is 46.5 Å². The summed E-state index contributed by atoms with van der Waals surface area (Å²) >= 11 is 2.20. The van der Waals surface area contributed by atoms with E-state index in [1.54, 1.807) is 0 Å². The van der Waals surface area contributed by atoms with E-state index in [0.29, 0.717) is 24.3 Å². The second-order valence-electron chi connectivity index (χ2n) is 7.38. The van der Waals surface area contributed by atoms with Crippen LogP contribution in [0.1, 0.15) is 24.3 Å². The molecule has 0 aliphatic carbocycles. The normalized spacial score (nSPS) is 16.7. The lowest BCUT2D eigenvalue weighted by Gasteiger charge is -2.18. The summed E-state index contributed by atoms with van der Waals surface area (Å²) in [5.41, 5.74) is 1.24. The maximum Gasteiger partial charge on any atom is 0.197 e. The summed E-state index contributed by atoms with van der Waals surface area (Å²) in [5, 5.41) is 30.1. The van der Waals surface area contributed by atoms with Crippen molar-refractivity contribution in [3.63, 3.8) is 0 Å². The molecular formula is C22H23ClINO5. The van der Waals surface area contributed by atoms with E-state index in [9.17, 15) is 15.0 Å². The number of aliphatic hydroxyl groups excluding tert-OH is 1. The van der Waals surface area contributed by atoms with E-state index in [4.69, 9.17) is 9.52 Å². The average Bonchev–Trinajstić information content (AvgIpc) is 3.14. The quantitative estimate of drug-likeness (QED) is 0.420. The Balaban J connectivity index is 0.00000256. The van der Waals surface area contributed by atoms with Gasteiger partial charge in [0.25, 0.3) is 0 Å². The third-order valence-electron chi connectivity index (χ3n) is 5.42. The van der Waals surface area contributed by atoms with Crippen LogP contribution in [-0.2, 0) is 0 Å². The van der Waals surface area contributed by atoms with Gasteiger partial charge in [-0.15, -0.1) is 12.4 Å². The number of likely N-dealkylation sites (tertiary alicyclic amines) is 1. The van der Waals surface area contributed by atoms with E-state index in [-0.39, 0.29) is 52.8 Å². The van der Waals surface area contributed by atoms with Gasteiger partial charge >= 0.3 is 0 Å². The Kier molecular flexibility index (Phi) is 7.28. The monoisotopic (exact) mass is 543 g/mol. The van der Waals surface area contributed by atoms with Gasteiger partial charge < -0.3 is 24.6 Å². The first-order valence-electron chi connectivity index (χ1n) is 9.59. The summed E-state index contributed by atoms with van der Waals surface area (Å²) in [6, 6.07) is 10.2. The van der Waals surface area contributed by atoms with Gasteiger partial charge in [-0.05, 0) is 54.1 Å². The zero-order valence-corrected chi connectivity index (χ0v) is 19.1. The summed E-state index contributed by atoms with van der Waals surface area (Å²) in [5.74, 6) is 0.0415. The third-order valence-corrected chi connectivity index (χ3v) is 6.09. The smallest absolute Gasteiger partial charge is 0.197 e. The Hall–Kier alpha value is -1.81. The molecule has 1 aliphatic heterocycles. The SMILES string of the molecule is Cl.O=c1cc(-c2cccc(I)c2)oc2c(C3CCN(CCCO)C3)c(O)cc(O)c12. The highest BCUT2D eigenvalue weighted by atomic mass is 127. The third kappa shape index (κ3) is 4.44. The van der Waals surface area contributed by atoms with Crippen LogP contribution in [0.4, 0.5) is 0 Å². The van der Waals surface area contributed by atoms with Crippen LogP contribution in [0.15, 0.2) is 45.6 Å². The zero-order valence-electron chi connectivity index (χ0n) is 16.2. The van der Waals surface area contributed by atoms with Gasteiger partial charge in [0, 0.05) is 52.4 Å². The van der Waals surface area contributed by atoms with Crippen LogP contribution in [0.25, 0.3) is 22.3 Å². The van der Waals surface area contributed by atoms with Gasteiger partial charge in [0.1, 0.15) is 28.2 Å². The molecule has 8 heteroatoms. The van der Waals surface area contributed by atoms with Crippen LogP contribution in [0.3, 0.4) is 0 Å². The van der Waals surface area contributed by atoms with E-state index in [0.717, 1.165) is 28.6 Å². The summed E-state index contributed by atoms with van der Waals surface area (Å²) in [6.07, 6.45) is 1.50. The van der Waals surface area contributed by atoms with Gasteiger partial charge in [0.2, 0.25) is 0 Å². The molecule has 0 spiro atoms. The van der Waals surface area contributed by atoms with Gasteiger partial charge in [-0.3, -0.25) is 4.79 Å². The molecular weight excluding hydrogens is 521 g/mol. The summed E-state index contributed by atoms with van der Waals surface area (Å²) in [7, 11) is 0. The number of hydrogen-bond acceptors (Lipinski definition) is 6. The number of aliphatic hydroxyl groups is 1. The van der Waals surface area contributed by atoms with E-state index >= 15 is 0 Å². The van der Waals surface area contributed by atoms with Crippen LogP contribution in [0, 0.1) is 3.57 Å². The Morgan fingerprint density at radius 2 is 1.97 bits per heavy atom. The second kappa shape index (κ2) is 9.55. The van der Waals surface area contributed by atoms with Crippen molar-refractivity contribution < 1.29 is 19.7 Å². The van der Waals surface area contributed by atoms with Crippen molar-refractivity contribution >= 4 is 46.0 Å². The molecule has 0 radical (unpaired) electrons. The van der Waals surface area contributed by atoms with Crippen LogP contribution >= 0.6 is 35.0 Å². The highest BCUT2D eigenvalue weighted by Crippen LogP contribution is 2.42. The summed E-state index contributed by atoms with van der Waals surface area (Å²) < 4.78 is 7.13. The summed E-state index contributed by atoms with van der Waals surface area (Å²) in [6.45, 7) is 2.46. The molecule has 0 bridgehead atoms. The standard InChI is InChI=1S/C22H22INO5.ClH/c23-15-4-1-3-13(9-15)19-11-18(28)21-17(27)10-16(26)20(22(21)29-19)14-5-7-24(12-14)6-2-8-25;/h1,3-4,9-11,14,25-27H,2,5-8,12H2;1H. The molecule has 2 heterocycles. The number of phenolic OH excluding ortho intramolecular Hbond substituents is 2. The number of fused-ring (bicyclic) bond motifs is 1. The number of phenols is 2. The lowest BCUT2D eigenvalue weighted by molar-refractivity contribution is 0.246. The minimum Gasteiger partial charge on any atom is -0.507 e. The molecule has 1 fully saturated rings. The number of halogens is 2. The molecule has 1 aromatic heterocycles. The van der Waals surface area contributed by atoms with Crippen molar-refractivity contribution in [1.29, 1.82) is 0 Å². The highest BCUT2D eigenvalue weighted by Gasteiger charge is 2.30. The van der Waals surface area contributed by atoms with Crippen molar-refractivity contribution in [3.05, 3.63) is 55.8 Å². The number of aromatic hydroxyl groups is 2. The highest BCUT2D eigenvalue weighted by molar-refractivity contribution is 14.1. The van der Waals surface area contributed by atoms with Gasteiger partial charge in [-0.1, -0.05) is 12.1 Å². The van der Waals surface area contributed by atoms with Crippen LogP contribution in [0.5, 0.6) is 11.5 Å². The first-order valence-corrected chi connectivity index (χ1v) is 10.7. The van der Waals surface area contributed by atoms with Gasteiger partial charge in [-0.25, -0.2) is 0 Å². The van der Waals surface area contributed by atoms with Crippen molar-refractivity contribution in [2.75, 3.05) is 26.2 Å². The molecule has 3 N–H and O–H groups in total. The second-order valence-corrected chi connectivity index (χ2v) is 8.63. The number of rotatable bonds is 5. The van der Waals surface area contributed by atoms with Crippen molar-refractivity contribution in [1.82, 2.24) is 4.90 Å². The Bertz CT molecular complexity index is 1120. The molecule has 3 aromatic rings. The number of nitrogens with zero attached hydrogens (tertiary/aromatic N) is 1. The fraction of sp³-hybridized carbons (Fsp3) is 0.318. The molecule has 1 atom stereocenters. The Labute approximate surface area is 193 Å². The molecule has 30 heavy (non-hydrogen) atoms. The van der Waals surface area contributed by atoms with Crippen molar-refractivity contribution in [2.45, 2.75) is 18.8 Å². The summed E-state index contributed by atoms with van der Waals surface area (Å²) in [4.78, 5) is 15.0. The number of hydrogen-bond donors (Lipinski definition) is 3. The maximum atomic E-state index is 12.8. The molecule has 6 nitrogen and oxygen atoms in total. The lowest BCUT2D eigenvalue weighted by Crippen LogP contribution is -2.22. The average molecular weight is 544 g/mol. The van der Waals surface area contributed by atoms with E-state index in [1.165, 1.54) is 12.1 Å². The molecule has 4 rings (SSSR count). The zero-order chi connectivity index (χ0) is 20.5. The van der Waals surface area contributed by atoms with Gasteiger partial charge in [0.05, 0.1) is 0 Å². The predicted octanol–water partition coefficient (Wildman–Crippen LogP) is 4.07. The Morgan fingerprint density at radius 1 is 1.17 bits per heavy atom. The topological polar surface area (TPSA) is 94.1 Å². The molecule has 1 unspecified atom stereocenters. The molecule has 160 valence electrons. The van der Waals surface area contributed by atoms with Gasteiger partial charge in [0.15, 0.2) is 5.43 Å².